The quantitative estimate of drug-likeness (QED) is 0.793. The summed E-state index contributed by atoms with van der Waals surface area (Å²) in [6, 6.07) is 6.80. The Hall–Kier alpha value is -0.770. The van der Waals surface area contributed by atoms with Crippen LogP contribution in [0.1, 0.15) is 25.3 Å². The Morgan fingerprint density at radius 2 is 2.21 bits per heavy atom. The lowest BCUT2D eigenvalue weighted by Gasteiger charge is -2.28. The molecule has 1 aliphatic carbocycles. The molecule has 1 aliphatic rings. The van der Waals surface area contributed by atoms with Crippen molar-refractivity contribution in [2.75, 3.05) is 31.7 Å². The molecule has 0 radical (unpaired) electrons. The van der Waals surface area contributed by atoms with Gasteiger partial charge < -0.3 is 15.0 Å². The van der Waals surface area contributed by atoms with E-state index in [9.17, 15) is 0 Å². The highest BCUT2D eigenvalue weighted by atomic mass is 35.5. The van der Waals surface area contributed by atoms with Gasteiger partial charge in [0.2, 0.25) is 0 Å². The lowest BCUT2D eigenvalue weighted by atomic mass is 10.1. The third-order valence-electron chi connectivity index (χ3n) is 3.45. The van der Waals surface area contributed by atoms with Gasteiger partial charge >= 0.3 is 0 Å². The largest absolute Gasteiger partial charge is 0.383 e. The van der Waals surface area contributed by atoms with E-state index in [1.165, 1.54) is 24.1 Å². The molecule has 1 fully saturated rings. The summed E-state index contributed by atoms with van der Waals surface area (Å²) in [6.07, 6.45) is 2.52. The third kappa shape index (κ3) is 3.85. The number of methoxy groups -OCH3 is 1. The summed E-state index contributed by atoms with van der Waals surface area (Å²) in [4.78, 5) is 2.42. The molecule has 0 aromatic heterocycles. The number of nitrogens with one attached hydrogen (secondary N) is 1. The Morgan fingerprint density at radius 1 is 1.42 bits per heavy atom. The summed E-state index contributed by atoms with van der Waals surface area (Å²) >= 11 is 6.44. The van der Waals surface area contributed by atoms with E-state index in [4.69, 9.17) is 16.3 Å². The van der Waals surface area contributed by atoms with Crippen molar-refractivity contribution in [3.8, 4) is 0 Å². The first-order valence-electron chi connectivity index (χ1n) is 7.01. The van der Waals surface area contributed by atoms with Gasteiger partial charge in [-0.2, -0.15) is 0 Å². The van der Waals surface area contributed by atoms with E-state index < -0.39 is 0 Å². The van der Waals surface area contributed by atoms with E-state index in [0.717, 1.165) is 31.3 Å². The molecule has 3 nitrogen and oxygen atoms in total. The van der Waals surface area contributed by atoms with Crippen molar-refractivity contribution < 1.29 is 4.74 Å². The smallest absolute Gasteiger partial charge is 0.0643 e. The maximum atomic E-state index is 6.44. The van der Waals surface area contributed by atoms with Crippen LogP contribution in [0.4, 0.5) is 5.69 Å². The van der Waals surface area contributed by atoms with Gasteiger partial charge in [-0.25, -0.2) is 0 Å². The molecule has 0 bridgehead atoms. The van der Waals surface area contributed by atoms with E-state index in [1.54, 1.807) is 7.11 Å². The second kappa shape index (κ2) is 7.13. The zero-order valence-electron chi connectivity index (χ0n) is 11.8. The molecular weight excluding hydrogens is 260 g/mol. The maximum Gasteiger partial charge on any atom is 0.0643 e. The van der Waals surface area contributed by atoms with E-state index >= 15 is 0 Å². The number of para-hydroxylation sites is 1. The molecule has 0 aliphatic heterocycles. The summed E-state index contributed by atoms with van der Waals surface area (Å²) in [7, 11) is 1.75. The number of ether oxygens (including phenoxy) is 1. The minimum atomic E-state index is 0.635. The number of hydrogen-bond donors (Lipinski definition) is 1. The van der Waals surface area contributed by atoms with E-state index in [-0.39, 0.29) is 0 Å². The van der Waals surface area contributed by atoms with E-state index in [1.807, 2.05) is 12.1 Å². The first kappa shape index (κ1) is 14.6. The van der Waals surface area contributed by atoms with Crippen molar-refractivity contribution in [3.63, 3.8) is 0 Å². The van der Waals surface area contributed by atoms with Crippen LogP contribution in [0.5, 0.6) is 0 Å². The predicted molar refractivity (Wildman–Crippen MR) is 81.1 cm³/mol. The minimum absolute atomic E-state index is 0.635. The van der Waals surface area contributed by atoms with Gasteiger partial charge in [0.15, 0.2) is 0 Å². The molecule has 0 saturated heterocycles. The molecule has 1 aromatic carbocycles. The normalized spacial score (nSPS) is 14.7. The monoisotopic (exact) mass is 282 g/mol. The van der Waals surface area contributed by atoms with Gasteiger partial charge in [-0.1, -0.05) is 30.7 Å². The fourth-order valence-corrected chi connectivity index (χ4v) is 2.64. The van der Waals surface area contributed by atoms with Crippen LogP contribution in [0, 0.1) is 0 Å². The molecule has 1 N–H and O–H groups in total. The third-order valence-corrected chi connectivity index (χ3v) is 3.75. The molecule has 0 heterocycles. The second-order valence-corrected chi connectivity index (χ2v) is 5.35. The summed E-state index contributed by atoms with van der Waals surface area (Å²) in [6.45, 7) is 5.59. The zero-order valence-corrected chi connectivity index (χ0v) is 12.5. The standard InChI is InChI=1S/C15H23ClN2O/c1-3-17-11-12-5-4-6-14(16)15(12)18(9-10-19-2)13-7-8-13/h4-6,13,17H,3,7-11H2,1-2H3. The van der Waals surface area contributed by atoms with Crippen molar-refractivity contribution in [2.45, 2.75) is 32.4 Å². The van der Waals surface area contributed by atoms with Crippen LogP contribution in [0.15, 0.2) is 18.2 Å². The van der Waals surface area contributed by atoms with Gasteiger partial charge in [0.05, 0.1) is 17.3 Å². The Balaban J connectivity index is 2.23. The van der Waals surface area contributed by atoms with E-state index in [2.05, 4.69) is 23.2 Å². The van der Waals surface area contributed by atoms with Crippen LogP contribution in [0.3, 0.4) is 0 Å². The van der Waals surface area contributed by atoms with Crippen LogP contribution in [-0.2, 0) is 11.3 Å². The lowest BCUT2D eigenvalue weighted by molar-refractivity contribution is 0.205. The highest BCUT2D eigenvalue weighted by Crippen LogP contribution is 2.37. The first-order chi connectivity index (χ1) is 9.27. The van der Waals surface area contributed by atoms with Gasteiger partial charge in [-0.15, -0.1) is 0 Å². The molecule has 0 amide bonds. The molecule has 0 unspecified atom stereocenters. The topological polar surface area (TPSA) is 24.5 Å². The Bertz CT molecular complexity index is 407. The fourth-order valence-electron chi connectivity index (χ4n) is 2.34. The molecular formula is C15H23ClN2O. The molecule has 106 valence electrons. The number of halogens is 1. The molecule has 4 heteroatoms. The van der Waals surface area contributed by atoms with Crippen molar-refractivity contribution in [3.05, 3.63) is 28.8 Å². The summed E-state index contributed by atoms with van der Waals surface area (Å²) in [5.74, 6) is 0. The number of benzene rings is 1. The molecule has 0 spiro atoms. The Kier molecular flexibility index (Phi) is 5.49. The van der Waals surface area contributed by atoms with Crippen LogP contribution in [-0.4, -0.2) is 32.8 Å². The van der Waals surface area contributed by atoms with E-state index in [0.29, 0.717) is 6.04 Å². The zero-order chi connectivity index (χ0) is 13.7. The highest BCUT2D eigenvalue weighted by Gasteiger charge is 2.31. The van der Waals surface area contributed by atoms with Crippen molar-refractivity contribution >= 4 is 17.3 Å². The van der Waals surface area contributed by atoms with Gasteiger partial charge in [0.1, 0.15) is 0 Å². The number of hydrogen-bond acceptors (Lipinski definition) is 3. The summed E-state index contributed by atoms with van der Waals surface area (Å²) in [5, 5.41) is 4.23. The number of rotatable bonds is 8. The second-order valence-electron chi connectivity index (χ2n) is 4.95. The van der Waals surface area contributed by atoms with Crippen LogP contribution >= 0.6 is 11.6 Å². The first-order valence-corrected chi connectivity index (χ1v) is 7.39. The van der Waals surface area contributed by atoms with Crippen molar-refractivity contribution in [2.24, 2.45) is 0 Å². The maximum absolute atomic E-state index is 6.44. The van der Waals surface area contributed by atoms with Gasteiger partial charge in [-0.05, 0) is 31.0 Å². The average Bonchev–Trinajstić information content (AvgIpc) is 3.23. The fraction of sp³-hybridized carbons (Fsp3) is 0.600. The SMILES string of the molecule is CCNCc1cccc(Cl)c1N(CCOC)C1CC1. The predicted octanol–water partition coefficient (Wildman–Crippen LogP) is 3.06. The lowest BCUT2D eigenvalue weighted by Crippen LogP contribution is -2.31. The van der Waals surface area contributed by atoms with Gasteiger partial charge in [-0.3, -0.25) is 0 Å². The summed E-state index contributed by atoms with van der Waals surface area (Å²) < 4.78 is 5.23. The average molecular weight is 283 g/mol. The Labute approximate surface area is 120 Å². The molecule has 19 heavy (non-hydrogen) atoms. The number of anilines is 1. The molecule has 2 rings (SSSR count). The van der Waals surface area contributed by atoms with Crippen LogP contribution in [0.25, 0.3) is 0 Å². The summed E-state index contributed by atoms with van der Waals surface area (Å²) in [5.41, 5.74) is 2.46. The molecule has 0 atom stereocenters. The molecule has 1 aromatic rings. The molecule has 1 saturated carbocycles. The van der Waals surface area contributed by atoms with Gasteiger partial charge in [0.25, 0.3) is 0 Å². The van der Waals surface area contributed by atoms with Crippen molar-refractivity contribution in [1.82, 2.24) is 5.32 Å². The van der Waals surface area contributed by atoms with Gasteiger partial charge in [0, 0.05) is 26.2 Å². The Morgan fingerprint density at radius 3 is 2.84 bits per heavy atom. The van der Waals surface area contributed by atoms with Crippen molar-refractivity contribution in [1.29, 1.82) is 0 Å². The van der Waals surface area contributed by atoms with Crippen LogP contribution < -0.4 is 10.2 Å². The minimum Gasteiger partial charge on any atom is -0.383 e. The number of nitrogens with zero attached hydrogens (tertiary/aromatic N) is 1. The van der Waals surface area contributed by atoms with Crippen LogP contribution in [0.2, 0.25) is 5.02 Å². The highest BCUT2D eigenvalue weighted by molar-refractivity contribution is 6.33.